The fraction of sp³-hybridized carbons (Fsp3) is 0.750. The summed E-state index contributed by atoms with van der Waals surface area (Å²) in [7, 11) is 1.24. The summed E-state index contributed by atoms with van der Waals surface area (Å²) < 4.78 is 4.51. The highest BCUT2D eigenvalue weighted by atomic mass is 32.2. The number of amides is 2. The smallest absolute Gasteiger partial charge is 0.326 e. The van der Waals surface area contributed by atoms with E-state index in [0.29, 0.717) is 25.1 Å². The highest BCUT2D eigenvalue weighted by molar-refractivity contribution is 7.98. The number of hydrogen-bond donors (Lipinski definition) is 2. The third-order valence-electron chi connectivity index (χ3n) is 2.53. The van der Waals surface area contributed by atoms with Crippen LogP contribution in [-0.4, -0.2) is 66.2 Å². The second-order valence-electron chi connectivity index (χ2n) is 4.12. The Labute approximate surface area is 123 Å². The first kappa shape index (κ1) is 18.6. The highest BCUT2D eigenvalue weighted by Gasteiger charge is 2.23. The molecular formula is C12H22N2O5S. The number of methoxy groups -OCH3 is 1. The van der Waals surface area contributed by atoms with Crippen LogP contribution in [0.2, 0.25) is 0 Å². The molecule has 0 saturated heterocycles. The monoisotopic (exact) mass is 306 g/mol. The number of rotatable bonds is 9. The SMILES string of the molecule is CCCN(CC(=O)OC)C(=O)N[C@@H](CCSC)C(=O)O. The van der Waals surface area contributed by atoms with Crippen LogP contribution in [-0.2, 0) is 14.3 Å². The summed E-state index contributed by atoms with van der Waals surface area (Å²) in [6.07, 6.45) is 2.86. The molecule has 0 heterocycles. The lowest BCUT2D eigenvalue weighted by atomic mass is 10.2. The normalized spacial score (nSPS) is 11.6. The number of hydrogen-bond acceptors (Lipinski definition) is 5. The second kappa shape index (κ2) is 10.4. The van der Waals surface area contributed by atoms with Gasteiger partial charge in [0.2, 0.25) is 0 Å². The molecule has 0 fully saturated rings. The van der Waals surface area contributed by atoms with Gasteiger partial charge in [-0.2, -0.15) is 11.8 Å². The molecule has 0 aliphatic heterocycles. The number of carboxylic acids is 1. The Bertz CT molecular complexity index is 338. The number of ether oxygens (including phenoxy) is 1. The maximum absolute atomic E-state index is 12.0. The molecule has 116 valence electrons. The van der Waals surface area contributed by atoms with Crippen LogP contribution >= 0.6 is 11.8 Å². The number of carboxylic acid groups (broad SMARTS) is 1. The van der Waals surface area contributed by atoms with Crippen molar-refractivity contribution >= 4 is 29.7 Å². The number of nitrogens with zero attached hydrogens (tertiary/aromatic N) is 1. The van der Waals surface area contributed by atoms with Gasteiger partial charge in [-0.3, -0.25) is 4.79 Å². The van der Waals surface area contributed by atoms with Crippen molar-refractivity contribution in [1.82, 2.24) is 10.2 Å². The van der Waals surface area contributed by atoms with E-state index < -0.39 is 24.0 Å². The first-order valence-electron chi connectivity index (χ1n) is 6.30. The number of thioether (sulfide) groups is 1. The minimum absolute atomic E-state index is 0.189. The standard InChI is InChI=1S/C12H22N2O5S/c1-4-6-14(8-10(15)19-2)12(18)13-9(11(16)17)5-7-20-3/h9H,4-8H2,1-3H3,(H,13,18)(H,16,17)/t9-/m0/s1. The van der Waals surface area contributed by atoms with Crippen molar-refractivity contribution in [3.8, 4) is 0 Å². The molecule has 0 unspecified atom stereocenters. The third-order valence-corrected chi connectivity index (χ3v) is 3.18. The predicted octanol–water partition coefficient (Wildman–Crippen LogP) is 0.787. The number of urea groups is 1. The Hall–Kier alpha value is -1.44. The molecule has 0 saturated carbocycles. The molecule has 0 aromatic carbocycles. The van der Waals surface area contributed by atoms with E-state index in [1.165, 1.54) is 23.8 Å². The number of nitrogens with one attached hydrogen (secondary N) is 1. The van der Waals surface area contributed by atoms with Crippen molar-refractivity contribution in [3.63, 3.8) is 0 Å². The van der Waals surface area contributed by atoms with E-state index in [2.05, 4.69) is 10.1 Å². The van der Waals surface area contributed by atoms with Gasteiger partial charge in [0.1, 0.15) is 12.6 Å². The largest absolute Gasteiger partial charge is 0.480 e. The summed E-state index contributed by atoms with van der Waals surface area (Å²) in [4.78, 5) is 35.5. The first-order valence-corrected chi connectivity index (χ1v) is 7.69. The molecule has 0 bridgehead atoms. The maximum atomic E-state index is 12.0. The van der Waals surface area contributed by atoms with Gasteiger partial charge in [0.15, 0.2) is 0 Å². The minimum atomic E-state index is -1.08. The van der Waals surface area contributed by atoms with Crippen LogP contribution in [0.4, 0.5) is 4.79 Å². The van der Waals surface area contributed by atoms with E-state index in [1.807, 2.05) is 13.2 Å². The Morgan fingerprint density at radius 2 is 2.05 bits per heavy atom. The zero-order valence-corrected chi connectivity index (χ0v) is 12.9. The van der Waals surface area contributed by atoms with Gasteiger partial charge in [-0.25, -0.2) is 9.59 Å². The third kappa shape index (κ3) is 7.22. The van der Waals surface area contributed by atoms with Crippen LogP contribution in [0, 0.1) is 0 Å². The number of aliphatic carboxylic acids is 1. The fourth-order valence-corrected chi connectivity index (χ4v) is 1.95. The van der Waals surface area contributed by atoms with Gasteiger partial charge in [-0.15, -0.1) is 0 Å². The quantitative estimate of drug-likeness (QED) is 0.611. The summed E-state index contributed by atoms with van der Waals surface area (Å²) in [5, 5.41) is 11.5. The summed E-state index contributed by atoms with van der Waals surface area (Å²) in [6, 6.07) is -1.52. The Kier molecular flexibility index (Phi) is 9.61. The summed E-state index contributed by atoms with van der Waals surface area (Å²) >= 11 is 1.51. The van der Waals surface area contributed by atoms with Crippen molar-refractivity contribution in [2.45, 2.75) is 25.8 Å². The molecule has 20 heavy (non-hydrogen) atoms. The van der Waals surface area contributed by atoms with Crippen molar-refractivity contribution in [3.05, 3.63) is 0 Å². The van der Waals surface area contributed by atoms with Gasteiger partial charge >= 0.3 is 18.0 Å². The van der Waals surface area contributed by atoms with E-state index in [1.54, 1.807) is 0 Å². The molecule has 0 aliphatic carbocycles. The zero-order chi connectivity index (χ0) is 15.5. The van der Waals surface area contributed by atoms with E-state index in [9.17, 15) is 14.4 Å². The van der Waals surface area contributed by atoms with E-state index in [0.717, 1.165) is 0 Å². The Morgan fingerprint density at radius 3 is 2.50 bits per heavy atom. The van der Waals surface area contributed by atoms with Crippen LogP contribution in [0.1, 0.15) is 19.8 Å². The molecule has 0 rings (SSSR count). The van der Waals surface area contributed by atoms with Gasteiger partial charge in [0.25, 0.3) is 0 Å². The number of carbonyl (C=O) groups excluding carboxylic acids is 2. The molecule has 0 aliphatic rings. The van der Waals surface area contributed by atoms with Crippen molar-refractivity contribution in [2.24, 2.45) is 0 Å². The molecular weight excluding hydrogens is 284 g/mol. The highest BCUT2D eigenvalue weighted by Crippen LogP contribution is 2.03. The zero-order valence-electron chi connectivity index (χ0n) is 12.0. The summed E-state index contributed by atoms with van der Waals surface area (Å²) in [5.74, 6) is -0.992. The molecule has 7 nitrogen and oxygen atoms in total. The molecule has 0 aromatic rings. The van der Waals surface area contributed by atoms with E-state index in [-0.39, 0.29) is 6.54 Å². The molecule has 2 amide bonds. The molecule has 0 aromatic heterocycles. The average Bonchev–Trinajstić information content (AvgIpc) is 2.42. The number of esters is 1. The van der Waals surface area contributed by atoms with E-state index >= 15 is 0 Å². The van der Waals surface area contributed by atoms with Gasteiger partial charge < -0.3 is 20.1 Å². The van der Waals surface area contributed by atoms with Gasteiger partial charge in [0.05, 0.1) is 7.11 Å². The number of carbonyl (C=O) groups is 3. The van der Waals surface area contributed by atoms with Crippen LogP contribution in [0.3, 0.4) is 0 Å². The second-order valence-corrected chi connectivity index (χ2v) is 5.11. The molecule has 0 spiro atoms. The lowest BCUT2D eigenvalue weighted by Crippen LogP contribution is -2.49. The van der Waals surface area contributed by atoms with Crippen molar-refractivity contribution in [2.75, 3.05) is 32.2 Å². The van der Waals surface area contributed by atoms with Crippen molar-refractivity contribution < 1.29 is 24.2 Å². The lowest BCUT2D eigenvalue weighted by molar-refractivity contribution is -0.141. The van der Waals surface area contributed by atoms with Crippen LogP contribution in [0.5, 0.6) is 0 Å². The molecule has 1 atom stereocenters. The Balaban J connectivity index is 4.61. The fourth-order valence-electron chi connectivity index (χ4n) is 1.48. The minimum Gasteiger partial charge on any atom is -0.480 e. The van der Waals surface area contributed by atoms with Crippen LogP contribution in [0.15, 0.2) is 0 Å². The lowest BCUT2D eigenvalue weighted by Gasteiger charge is -2.23. The Morgan fingerprint density at radius 1 is 1.40 bits per heavy atom. The van der Waals surface area contributed by atoms with E-state index in [4.69, 9.17) is 5.11 Å². The molecule has 2 N–H and O–H groups in total. The topological polar surface area (TPSA) is 95.9 Å². The average molecular weight is 306 g/mol. The molecule has 0 radical (unpaired) electrons. The van der Waals surface area contributed by atoms with Crippen LogP contribution < -0.4 is 5.32 Å². The maximum Gasteiger partial charge on any atom is 0.326 e. The summed E-state index contributed by atoms with van der Waals surface area (Å²) in [6.45, 7) is 2.03. The molecule has 8 heteroatoms. The predicted molar refractivity (Wildman–Crippen MR) is 76.8 cm³/mol. The summed E-state index contributed by atoms with van der Waals surface area (Å²) in [5.41, 5.74) is 0. The van der Waals surface area contributed by atoms with Crippen LogP contribution in [0.25, 0.3) is 0 Å². The van der Waals surface area contributed by atoms with Crippen molar-refractivity contribution in [1.29, 1.82) is 0 Å². The van der Waals surface area contributed by atoms with Gasteiger partial charge in [-0.05, 0) is 24.9 Å². The van der Waals surface area contributed by atoms with Gasteiger partial charge in [-0.1, -0.05) is 6.92 Å². The first-order chi connectivity index (χ1) is 9.46. The van der Waals surface area contributed by atoms with Gasteiger partial charge in [0, 0.05) is 6.54 Å².